The van der Waals surface area contributed by atoms with Crippen molar-refractivity contribution in [2.24, 2.45) is 0 Å². The summed E-state index contributed by atoms with van der Waals surface area (Å²) in [6, 6.07) is 3.07. The van der Waals surface area contributed by atoms with E-state index in [9.17, 15) is 19.3 Å². The van der Waals surface area contributed by atoms with E-state index in [0.29, 0.717) is 0 Å². The van der Waals surface area contributed by atoms with Crippen molar-refractivity contribution < 1.29 is 14.1 Å². The smallest absolute Gasteiger partial charge is 0.272 e. The third kappa shape index (κ3) is 2.73. The second-order valence-electron chi connectivity index (χ2n) is 2.82. The lowest BCUT2D eigenvalue weighted by Gasteiger charge is -2.03. The molecule has 0 radical (unpaired) electrons. The normalized spacial score (nSPS) is 9.73. The van der Waals surface area contributed by atoms with Crippen molar-refractivity contribution in [3.8, 4) is 0 Å². The number of nitro benzene ring substituents is 1. The number of nitrogens with zero attached hydrogens (tertiary/aromatic N) is 1. The Morgan fingerprint density at radius 3 is 2.73 bits per heavy atom. The van der Waals surface area contributed by atoms with E-state index in [2.05, 4.69) is 5.32 Å². The van der Waals surface area contributed by atoms with Gasteiger partial charge in [0.25, 0.3) is 5.69 Å². The molecular weight excluding hydrogens is 203 g/mol. The average Bonchev–Trinajstić information content (AvgIpc) is 2.20. The summed E-state index contributed by atoms with van der Waals surface area (Å²) in [5.41, 5.74) is -0.394. The third-order valence-corrected chi connectivity index (χ3v) is 1.76. The van der Waals surface area contributed by atoms with Crippen LogP contribution in [0.2, 0.25) is 0 Å². The van der Waals surface area contributed by atoms with Crippen molar-refractivity contribution in [3.63, 3.8) is 0 Å². The van der Waals surface area contributed by atoms with E-state index in [4.69, 9.17) is 0 Å². The highest BCUT2D eigenvalue weighted by atomic mass is 19.1. The van der Waals surface area contributed by atoms with Gasteiger partial charge < -0.3 is 5.32 Å². The van der Waals surface area contributed by atoms with Crippen LogP contribution in [-0.4, -0.2) is 10.8 Å². The molecule has 1 N–H and O–H groups in total. The molecular formula is C9H9FN2O3. The number of hydrogen-bond acceptors (Lipinski definition) is 3. The molecule has 0 bridgehead atoms. The summed E-state index contributed by atoms with van der Waals surface area (Å²) in [6.07, 6.45) is 0.219. The van der Waals surface area contributed by atoms with Crippen LogP contribution in [0.15, 0.2) is 18.2 Å². The van der Waals surface area contributed by atoms with E-state index in [1.807, 2.05) is 0 Å². The van der Waals surface area contributed by atoms with Crippen molar-refractivity contribution in [3.05, 3.63) is 34.1 Å². The molecule has 6 heteroatoms. The fourth-order valence-corrected chi connectivity index (χ4v) is 0.958. The summed E-state index contributed by atoms with van der Waals surface area (Å²) < 4.78 is 13.2. The lowest BCUT2D eigenvalue weighted by atomic mass is 10.2. The fraction of sp³-hybridized carbons (Fsp3) is 0.222. The Hall–Kier alpha value is -1.98. The molecule has 0 heterocycles. The molecule has 0 atom stereocenters. The Labute approximate surface area is 85.1 Å². The van der Waals surface area contributed by atoms with Gasteiger partial charge >= 0.3 is 0 Å². The van der Waals surface area contributed by atoms with E-state index >= 15 is 0 Å². The van der Waals surface area contributed by atoms with E-state index in [0.717, 1.165) is 12.1 Å². The number of nitro groups is 1. The first-order valence-electron chi connectivity index (χ1n) is 4.28. The maximum atomic E-state index is 13.2. The first-order chi connectivity index (χ1) is 7.04. The molecule has 0 saturated carbocycles. The lowest BCUT2D eigenvalue weighted by molar-refractivity contribution is -0.385. The van der Waals surface area contributed by atoms with Crippen LogP contribution in [-0.2, 0) is 4.79 Å². The molecule has 0 unspecified atom stereocenters. The molecule has 5 nitrogen and oxygen atoms in total. The van der Waals surface area contributed by atoms with Crippen LogP contribution < -0.4 is 5.32 Å². The molecule has 0 saturated heterocycles. The summed E-state index contributed by atoms with van der Waals surface area (Å²) in [7, 11) is 0. The zero-order chi connectivity index (χ0) is 11.4. The Bertz CT molecular complexity index is 406. The minimum atomic E-state index is -0.814. The van der Waals surface area contributed by atoms with Crippen LogP contribution in [0.1, 0.15) is 13.3 Å². The van der Waals surface area contributed by atoms with Crippen molar-refractivity contribution in [1.82, 2.24) is 0 Å². The minimum Gasteiger partial charge on any atom is -0.324 e. The maximum absolute atomic E-state index is 13.2. The van der Waals surface area contributed by atoms with Crippen molar-refractivity contribution >= 4 is 17.3 Å². The quantitative estimate of drug-likeness (QED) is 0.615. The van der Waals surface area contributed by atoms with Gasteiger partial charge in [-0.2, -0.15) is 0 Å². The van der Waals surface area contributed by atoms with Crippen LogP contribution in [0.5, 0.6) is 0 Å². The van der Waals surface area contributed by atoms with Gasteiger partial charge in [0.2, 0.25) is 5.91 Å². The second kappa shape index (κ2) is 4.50. The van der Waals surface area contributed by atoms with Gasteiger partial charge in [-0.3, -0.25) is 14.9 Å². The average molecular weight is 212 g/mol. The highest BCUT2D eigenvalue weighted by Gasteiger charge is 2.11. The monoisotopic (exact) mass is 212 g/mol. The first-order valence-corrected chi connectivity index (χ1v) is 4.28. The predicted molar refractivity (Wildman–Crippen MR) is 52.0 cm³/mol. The van der Waals surface area contributed by atoms with E-state index in [-0.39, 0.29) is 23.7 Å². The Kier molecular flexibility index (Phi) is 3.33. The van der Waals surface area contributed by atoms with Crippen molar-refractivity contribution in [2.75, 3.05) is 5.32 Å². The van der Waals surface area contributed by atoms with Gasteiger partial charge in [0.05, 0.1) is 16.7 Å². The van der Waals surface area contributed by atoms with Crippen LogP contribution in [0.4, 0.5) is 15.8 Å². The van der Waals surface area contributed by atoms with Gasteiger partial charge in [-0.1, -0.05) is 6.92 Å². The molecule has 1 rings (SSSR count). The standard InChI is InChI=1S/C9H9FN2O3/c1-2-9(13)11-8-4-3-6(12(14)15)5-7(8)10/h3-5H,2H2,1H3,(H,11,13). The van der Waals surface area contributed by atoms with Gasteiger partial charge in [-0.25, -0.2) is 4.39 Å². The number of hydrogen-bond donors (Lipinski definition) is 1. The van der Waals surface area contributed by atoms with Crippen LogP contribution in [0, 0.1) is 15.9 Å². The summed E-state index contributed by atoms with van der Waals surface area (Å²) in [4.78, 5) is 20.5. The van der Waals surface area contributed by atoms with Gasteiger partial charge in [-0.05, 0) is 6.07 Å². The highest BCUT2D eigenvalue weighted by molar-refractivity contribution is 5.90. The summed E-state index contributed by atoms with van der Waals surface area (Å²) in [5.74, 6) is -1.16. The number of carbonyl (C=O) groups excluding carboxylic acids is 1. The van der Waals surface area contributed by atoms with Gasteiger partial charge in [0, 0.05) is 12.5 Å². The lowest BCUT2D eigenvalue weighted by Crippen LogP contribution is -2.10. The molecule has 0 aromatic heterocycles. The zero-order valence-corrected chi connectivity index (χ0v) is 7.99. The first kappa shape index (κ1) is 11.1. The number of benzene rings is 1. The SMILES string of the molecule is CCC(=O)Nc1ccc([N+](=O)[O-])cc1F. The molecule has 1 aromatic rings. The largest absolute Gasteiger partial charge is 0.324 e. The molecule has 80 valence electrons. The molecule has 0 spiro atoms. The molecule has 15 heavy (non-hydrogen) atoms. The fourth-order valence-electron chi connectivity index (χ4n) is 0.958. The molecule has 0 aliphatic rings. The Morgan fingerprint density at radius 2 is 2.27 bits per heavy atom. The summed E-state index contributed by atoms with van der Waals surface area (Å²) in [5, 5.41) is 12.6. The molecule has 1 amide bonds. The number of carbonyl (C=O) groups is 1. The molecule has 0 fully saturated rings. The Morgan fingerprint density at radius 1 is 1.60 bits per heavy atom. The number of anilines is 1. The minimum absolute atomic E-state index is 0.0487. The van der Waals surface area contributed by atoms with Gasteiger partial charge in [-0.15, -0.1) is 0 Å². The van der Waals surface area contributed by atoms with Crippen LogP contribution >= 0.6 is 0 Å². The molecule has 0 aliphatic heterocycles. The number of non-ortho nitro benzene ring substituents is 1. The second-order valence-corrected chi connectivity index (χ2v) is 2.82. The summed E-state index contributed by atoms with van der Waals surface area (Å²) >= 11 is 0. The maximum Gasteiger partial charge on any atom is 0.272 e. The van der Waals surface area contributed by atoms with Gasteiger partial charge in [0.1, 0.15) is 0 Å². The van der Waals surface area contributed by atoms with Crippen molar-refractivity contribution in [1.29, 1.82) is 0 Å². The van der Waals surface area contributed by atoms with Gasteiger partial charge in [0.15, 0.2) is 5.82 Å². The van der Waals surface area contributed by atoms with Crippen LogP contribution in [0.3, 0.4) is 0 Å². The topological polar surface area (TPSA) is 72.2 Å². The van der Waals surface area contributed by atoms with Crippen LogP contribution in [0.25, 0.3) is 0 Å². The number of amides is 1. The summed E-state index contributed by atoms with van der Waals surface area (Å²) in [6.45, 7) is 1.62. The third-order valence-electron chi connectivity index (χ3n) is 1.76. The number of rotatable bonds is 3. The van der Waals surface area contributed by atoms with E-state index in [1.165, 1.54) is 6.07 Å². The number of halogens is 1. The van der Waals surface area contributed by atoms with E-state index < -0.39 is 10.7 Å². The molecule has 1 aromatic carbocycles. The van der Waals surface area contributed by atoms with E-state index in [1.54, 1.807) is 6.92 Å². The predicted octanol–water partition coefficient (Wildman–Crippen LogP) is 2.08. The molecule has 0 aliphatic carbocycles. The Balaban J connectivity index is 2.93. The zero-order valence-electron chi connectivity index (χ0n) is 7.99. The highest BCUT2D eigenvalue weighted by Crippen LogP contribution is 2.20. The number of nitrogens with one attached hydrogen (secondary N) is 1. The van der Waals surface area contributed by atoms with Crippen molar-refractivity contribution in [2.45, 2.75) is 13.3 Å².